The minimum Gasteiger partial charge on any atom is -0.480 e. The van der Waals surface area contributed by atoms with Crippen LogP contribution in [0.25, 0.3) is 0 Å². The number of aliphatic carboxylic acids is 1. The summed E-state index contributed by atoms with van der Waals surface area (Å²) in [5.74, 6) is 0.899. The molecule has 0 fully saturated rings. The number of hydrogen-bond acceptors (Lipinski definition) is 4. The standard InChI is InChI=1S/C11H19N3O5S/c1-5-6-8(9(15)16)13-10(17)12-7-11(2,3)14-20(4,18)19/h1,8,14H,6-7H2,2-4H3,(H,15,16)(H2,12,13,17). The minimum atomic E-state index is -3.42. The van der Waals surface area contributed by atoms with Crippen LogP contribution in [-0.4, -0.2) is 49.9 Å². The number of terminal acetylenes is 1. The number of sulfonamides is 1. The number of carboxylic acids is 1. The number of carbonyl (C=O) groups is 2. The van der Waals surface area contributed by atoms with Crippen LogP contribution >= 0.6 is 0 Å². The Hall–Kier alpha value is -1.79. The molecule has 114 valence electrons. The molecule has 0 saturated carbocycles. The van der Waals surface area contributed by atoms with E-state index in [1.807, 2.05) is 0 Å². The van der Waals surface area contributed by atoms with Crippen LogP contribution in [0.1, 0.15) is 20.3 Å². The van der Waals surface area contributed by atoms with Gasteiger partial charge < -0.3 is 15.7 Å². The maximum Gasteiger partial charge on any atom is 0.327 e. The number of urea groups is 1. The molecule has 2 amide bonds. The summed E-state index contributed by atoms with van der Waals surface area (Å²) in [5, 5.41) is 13.4. The lowest BCUT2D eigenvalue weighted by Gasteiger charge is -2.25. The molecule has 0 aromatic rings. The molecule has 0 radical (unpaired) electrons. The van der Waals surface area contributed by atoms with Crippen molar-refractivity contribution in [2.45, 2.75) is 31.8 Å². The van der Waals surface area contributed by atoms with Crippen LogP contribution in [0.2, 0.25) is 0 Å². The van der Waals surface area contributed by atoms with Gasteiger partial charge in [-0.3, -0.25) is 0 Å². The van der Waals surface area contributed by atoms with Crippen molar-refractivity contribution < 1.29 is 23.1 Å². The van der Waals surface area contributed by atoms with Gasteiger partial charge in [0, 0.05) is 18.5 Å². The third-order valence-corrected chi connectivity index (χ3v) is 3.00. The van der Waals surface area contributed by atoms with Gasteiger partial charge in [-0.1, -0.05) is 0 Å². The van der Waals surface area contributed by atoms with Gasteiger partial charge in [-0.15, -0.1) is 12.3 Å². The summed E-state index contributed by atoms with van der Waals surface area (Å²) in [7, 11) is -3.42. The van der Waals surface area contributed by atoms with Gasteiger partial charge in [0.1, 0.15) is 6.04 Å². The van der Waals surface area contributed by atoms with E-state index in [1.54, 1.807) is 13.8 Å². The second-order valence-corrected chi connectivity index (χ2v) is 6.63. The van der Waals surface area contributed by atoms with Crippen molar-refractivity contribution in [3.05, 3.63) is 0 Å². The highest BCUT2D eigenvalue weighted by molar-refractivity contribution is 7.88. The number of carboxylic acid groups (broad SMARTS) is 1. The van der Waals surface area contributed by atoms with Crippen molar-refractivity contribution in [1.82, 2.24) is 15.4 Å². The maximum atomic E-state index is 11.5. The Labute approximate surface area is 118 Å². The third-order valence-electron chi connectivity index (χ3n) is 2.08. The predicted octanol–water partition coefficient (Wildman–Crippen LogP) is -0.910. The van der Waals surface area contributed by atoms with E-state index < -0.39 is 33.6 Å². The predicted molar refractivity (Wildman–Crippen MR) is 73.5 cm³/mol. The highest BCUT2D eigenvalue weighted by Gasteiger charge is 2.24. The number of amides is 2. The van der Waals surface area contributed by atoms with E-state index in [4.69, 9.17) is 11.5 Å². The molecular formula is C11H19N3O5S. The van der Waals surface area contributed by atoms with Crippen molar-refractivity contribution in [3.8, 4) is 12.3 Å². The topological polar surface area (TPSA) is 125 Å². The number of carbonyl (C=O) groups excluding carboxylic acids is 1. The van der Waals surface area contributed by atoms with Gasteiger partial charge >= 0.3 is 12.0 Å². The largest absolute Gasteiger partial charge is 0.480 e. The molecule has 0 spiro atoms. The Morgan fingerprint density at radius 3 is 2.35 bits per heavy atom. The first-order valence-corrected chi connectivity index (χ1v) is 7.55. The van der Waals surface area contributed by atoms with E-state index in [0.29, 0.717) is 0 Å². The second-order valence-electron chi connectivity index (χ2n) is 4.88. The van der Waals surface area contributed by atoms with Crippen molar-refractivity contribution >= 4 is 22.0 Å². The fourth-order valence-corrected chi connectivity index (χ4v) is 2.44. The van der Waals surface area contributed by atoms with Gasteiger partial charge in [-0.05, 0) is 13.8 Å². The molecular weight excluding hydrogens is 286 g/mol. The Morgan fingerprint density at radius 1 is 1.40 bits per heavy atom. The average Bonchev–Trinajstić information content (AvgIpc) is 2.22. The van der Waals surface area contributed by atoms with Gasteiger partial charge in [0.2, 0.25) is 10.0 Å². The molecule has 0 aliphatic carbocycles. The monoisotopic (exact) mass is 305 g/mol. The van der Waals surface area contributed by atoms with Gasteiger partial charge in [0.05, 0.1) is 6.26 Å². The minimum absolute atomic E-state index is 0.0195. The molecule has 9 heteroatoms. The van der Waals surface area contributed by atoms with Crippen molar-refractivity contribution in [2.24, 2.45) is 0 Å². The maximum absolute atomic E-state index is 11.5. The molecule has 1 unspecified atom stereocenters. The molecule has 20 heavy (non-hydrogen) atoms. The number of rotatable bonds is 7. The van der Waals surface area contributed by atoms with Crippen LogP contribution in [0.4, 0.5) is 4.79 Å². The summed E-state index contributed by atoms with van der Waals surface area (Å²) in [6.45, 7) is 3.13. The molecule has 0 aliphatic heterocycles. The summed E-state index contributed by atoms with van der Waals surface area (Å²) in [6, 6.07) is -1.93. The fraction of sp³-hybridized carbons (Fsp3) is 0.636. The SMILES string of the molecule is C#CCC(NC(=O)NCC(C)(C)NS(C)(=O)=O)C(=O)O. The third kappa shape index (κ3) is 8.34. The number of hydrogen-bond donors (Lipinski definition) is 4. The van der Waals surface area contributed by atoms with Crippen LogP contribution in [0, 0.1) is 12.3 Å². The molecule has 0 bridgehead atoms. The Morgan fingerprint density at radius 2 is 1.95 bits per heavy atom. The Balaban J connectivity index is 4.42. The summed E-state index contributed by atoms with van der Waals surface area (Å²) >= 11 is 0. The van der Waals surface area contributed by atoms with E-state index in [1.165, 1.54) is 0 Å². The van der Waals surface area contributed by atoms with Crippen molar-refractivity contribution in [2.75, 3.05) is 12.8 Å². The van der Waals surface area contributed by atoms with Crippen LogP contribution < -0.4 is 15.4 Å². The van der Waals surface area contributed by atoms with Crippen LogP contribution in [-0.2, 0) is 14.8 Å². The van der Waals surface area contributed by atoms with Gasteiger partial charge in [-0.25, -0.2) is 22.7 Å². The second kappa shape index (κ2) is 7.12. The first kappa shape index (κ1) is 18.2. The number of nitrogens with one attached hydrogen (secondary N) is 3. The lowest BCUT2D eigenvalue weighted by Crippen LogP contribution is -2.54. The average molecular weight is 305 g/mol. The lowest BCUT2D eigenvalue weighted by atomic mass is 10.1. The Kier molecular flexibility index (Phi) is 6.48. The van der Waals surface area contributed by atoms with Gasteiger partial charge in [0.25, 0.3) is 0 Å². The molecule has 1 atom stereocenters. The summed E-state index contributed by atoms with van der Waals surface area (Å²) < 4.78 is 24.5. The zero-order chi connectivity index (χ0) is 16.0. The first-order valence-electron chi connectivity index (χ1n) is 5.66. The zero-order valence-electron chi connectivity index (χ0n) is 11.6. The van der Waals surface area contributed by atoms with Gasteiger partial charge in [-0.2, -0.15) is 0 Å². The molecule has 0 aromatic carbocycles. The van der Waals surface area contributed by atoms with E-state index in [9.17, 15) is 18.0 Å². The fourth-order valence-electron chi connectivity index (χ4n) is 1.37. The first-order chi connectivity index (χ1) is 8.97. The molecule has 0 rings (SSSR count). The molecule has 4 N–H and O–H groups in total. The van der Waals surface area contributed by atoms with Gasteiger partial charge in [0.15, 0.2) is 0 Å². The Bertz CT molecular complexity index is 507. The molecule has 0 heterocycles. The van der Waals surface area contributed by atoms with E-state index in [0.717, 1.165) is 6.26 Å². The summed E-state index contributed by atoms with van der Waals surface area (Å²) in [5.41, 5.74) is -0.907. The normalized spacial score (nSPS) is 13.1. The van der Waals surface area contributed by atoms with E-state index in [2.05, 4.69) is 21.3 Å². The van der Waals surface area contributed by atoms with Crippen molar-refractivity contribution in [3.63, 3.8) is 0 Å². The van der Waals surface area contributed by atoms with Crippen LogP contribution in [0.15, 0.2) is 0 Å². The zero-order valence-corrected chi connectivity index (χ0v) is 12.4. The summed E-state index contributed by atoms with van der Waals surface area (Å²) in [6.07, 6.45) is 5.85. The molecule has 0 aliphatic rings. The summed E-state index contributed by atoms with van der Waals surface area (Å²) in [4.78, 5) is 22.3. The smallest absolute Gasteiger partial charge is 0.327 e. The van der Waals surface area contributed by atoms with E-state index >= 15 is 0 Å². The molecule has 8 nitrogen and oxygen atoms in total. The molecule has 0 saturated heterocycles. The van der Waals surface area contributed by atoms with Crippen LogP contribution in [0.5, 0.6) is 0 Å². The molecule has 0 aromatic heterocycles. The highest BCUT2D eigenvalue weighted by atomic mass is 32.2. The van der Waals surface area contributed by atoms with Crippen molar-refractivity contribution in [1.29, 1.82) is 0 Å². The lowest BCUT2D eigenvalue weighted by molar-refractivity contribution is -0.139. The quantitative estimate of drug-likeness (QED) is 0.453. The highest BCUT2D eigenvalue weighted by Crippen LogP contribution is 2.01. The van der Waals surface area contributed by atoms with E-state index in [-0.39, 0.29) is 13.0 Å². The van der Waals surface area contributed by atoms with Crippen LogP contribution in [0.3, 0.4) is 0 Å².